The first-order chi connectivity index (χ1) is 10.5. The minimum Gasteiger partial charge on any atom is -0.504 e. The van der Waals surface area contributed by atoms with Gasteiger partial charge >= 0.3 is 0 Å². The molecule has 3 rings (SSSR count). The van der Waals surface area contributed by atoms with Crippen LogP contribution < -0.4 is 9.64 Å². The van der Waals surface area contributed by atoms with Crippen LogP contribution in [-0.2, 0) is 0 Å². The number of fused-ring (bicyclic) bond motifs is 1. The summed E-state index contributed by atoms with van der Waals surface area (Å²) < 4.78 is 5.90. The molecule has 1 heterocycles. The van der Waals surface area contributed by atoms with E-state index in [1.165, 1.54) is 12.1 Å². The Morgan fingerprint density at radius 1 is 0.955 bits per heavy atom. The highest BCUT2D eigenvalue weighted by atomic mass is 16.5. The fourth-order valence-electron chi connectivity index (χ4n) is 2.23. The molecule has 2 aromatic carbocycles. The molecule has 4 heteroatoms. The first-order valence-corrected chi connectivity index (χ1v) is 6.94. The zero-order valence-corrected chi connectivity index (χ0v) is 12.4. The molecule has 0 unspecified atom stereocenters. The van der Waals surface area contributed by atoms with Crippen molar-refractivity contribution >= 4 is 17.8 Å². The summed E-state index contributed by atoms with van der Waals surface area (Å²) in [5.41, 5.74) is 2.84. The molecule has 112 valence electrons. The van der Waals surface area contributed by atoms with Crippen molar-refractivity contribution in [3.63, 3.8) is 0 Å². The van der Waals surface area contributed by atoms with Gasteiger partial charge in [0.2, 0.25) is 0 Å². The number of hydrogen-bond acceptors (Lipinski definition) is 4. The van der Waals surface area contributed by atoms with E-state index in [1.807, 2.05) is 49.3 Å². The second kappa shape index (κ2) is 5.48. The number of allylic oxidation sites excluding steroid dienone is 1. The molecule has 0 aliphatic carbocycles. The normalized spacial score (nSPS) is 14.5. The van der Waals surface area contributed by atoms with Gasteiger partial charge in [-0.2, -0.15) is 0 Å². The third-order valence-corrected chi connectivity index (χ3v) is 3.48. The third kappa shape index (κ3) is 2.76. The monoisotopic (exact) mass is 295 g/mol. The minimum absolute atomic E-state index is 0.136. The highest BCUT2D eigenvalue weighted by Crippen LogP contribution is 2.32. The van der Waals surface area contributed by atoms with E-state index in [0.717, 1.165) is 22.6 Å². The predicted octanol–water partition coefficient (Wildman–Crippen LogP) is 3.61. The molecule has 2 aromatic rings. The summed E-state index contributed by atoms with van der Waals surface area (Å²) in [5.74, 6) is 1.18. The summed E-state index contributed by atoms with van der Waals surface area (Å²) in [6.45, 7) is 0. The quantitative estimate of drug-likeness (QED) is 0.831. The molecule has 4 nitrogen and oxygen atoms in total. The summed E-state index contributed by atoms with van der Waals surface area (Å²) in [6.07, 6.45) is 5.67. The van der Waals surface area contributed by atoms with Crippen LogP contribution in [0.5, 0.6) is 17.2 Å². The molecule has 1 aliphatic rings. The van der Waals surface area contributed by atoms with Gasteiger partial charge in [0.25, 0.3) is 0 Å². The van der Waals surface area contributed by atoms with Crippen LogP contribution in [-0.4, -0.2) is 24.3 Å². The number of hydrogen-bond donors (Lipinski definition) is 2. The van der Waals surface area contributed by atoms with Crippen LogP contribution in [0.15, 0.2) is 48.2 Å². The van der Waals surface area contributed by atoms with Crippen molar-refractivity contribution in [1.29, 1.82) is 0 Å². The Morgan fingerprint density at radius 2 is 1.77 bits per heavy atom. The maximum Gasteiger partial charge on any atom is 0.157 e. The molecule has 0 saturated carbocycles. The second-order valence-corrected chi connectivity index (χ2v) is 5.35. The first-order valence-electron chi connectivity index (χ1n) is 6.94. The summed E-state index contributed by atoms with van der Waals surface area (Å²) in [6, 6.07) is 10.7. The molecule has 0 spiro atoms. The van der Waals surface area contributed by atoms with Crippen molar-refractivity contribution in [3.05, 3.63) is 59.4 Å². The molecule has 0 bridgehead atoms. The van der Waals surface area contributed by atoms with E-state index in [2.05, 4.69) is 0 Å². The van der Waals surface area contributed by atoms with Crippen molar-refractivity contribution in [2.24, 2.45) is 0 Å². The summed E-state index contributed by atoms with van der Waals surface area (Å²) in [7, 11) is 3.97. The van der Waals surface area contributed by atoms with Crippen molar-refractivity contribution in [3.8, 4) is 17.2 Å². The Kier molecular flexibility index (Phi) is 3.51. The average molecular weight is 295 g/mol. The summed E-state index contributed by atoms with van der Waals surface area (Å²) in [4.78, 5) is 2.02. The molecular formula is C18H17NO3. The molecule has 0 fully saturated rings. The lowest BCUT2D eigenvalue weighted by Crippen LogP contribution is -2.09. The average Bonchev–Trinajstić information content (AvgIpc) is 2.50. The Morgan fingerprint density at radius 3 is 2.50 bits per heavy atom. The highest BCUT2D eigenvalue weighted by Gasteiger charge is 2.11. The largest absolute Gasteiger partial charge is 0.504 e. The van der Waals surface area contributed by atoms with E-state index < -0.39 is 0 Å². The van der Waals surface area contributed by atoms with Crippen molar-refractivity contribution in [2.45, 2.75) is 0 Å². The van der Waals surface area contributed by atoms with Gasteiger partial charge in [-0.05, 0) is 48.1 Å². The van der Waals surface area contributed by atoms with Gasteiger partial charge in [-0.25, -0.2) is 0 Å². The standard InChI is InChI=1S/C18H17NO3/c1-19(2)14-6-4-13-5-7-15(22-18(13)11-14)9-12-3-8-16(20)17(21)10-12/h3-11,20-21H,1-2H3/b15-9+. The molecule has 0 amide bonds. The SMILES string of the molecule is CN(C)c1ccc2c(c1)O/C(=C/c1ccc(O)c(O)c1)C=C2. The van der Waals surface area contributed by atoms with E-state index in [1.54, 1.807) is 12.1 Å². The van der Waals surface area contributed by atoms with E-state index >= 15 is 0 Å². The van der Waals surface area contributed by atoms with Crippen LogP contribution in [0.4, 0.5) is 5.69 Å². The van der Waals surface area contributed by atoms with Crippen molar-refractivity contribution in [2.75, 3.05) is 19.0 Å². The molecular weight excluding hydrogens is 278 g/mol. The van der Waals surface area contributed by atoms with Gasteiger partial charge in [0.05, 0.1) is 0 Å². The molecule has 22 heavy (non-hydrogen) atoms. The zero-order chi connectivity index (χ0) is 15.7. The predicted molar refractivity (Wildman–Crippen MR) is 88.2 cm³/mol. The van der Waals surface area contributed by atoms with Crippen molar-refractivity contribution in [1.82, 2.24) is 0 Å². The third-order valence-electron chi connectivity index (χ3n) is 3.48. The van der Waals surface area contributed by atoms with Gasteiger partial charge in [0.15, 0.2) is 11.5 Å². The van der Waals surface area contributed by atoms with Gasteiger partial charge in [0, 0.05) is 31.4 Å². The van der Waals surface area contributed by atoms with Gasteiger partial charge in [-0.15, -0.1) is 0 Å². The maximum atomic E-state index is 9.54. The van der Waals surface area contributed by atoms with E-state index in [-0.39, 0.29) is 11.5 Å². The molecule has 0 radical (unpaired) electrons. The molecule has 0 saturated heterocycles. The lowest BCUT2D eigenvalue weighted by Gasteiger charge is -2.19. The van der Waals surface area contributed by atoms with E-state index in [4.69, 9.17) is 4.74 Å². The van der Waals surface area contributed by atoms with E-state index in [0.29, 0.717) is 5.76 Å². The maximum absolute atomic E-state index is 9.54. The topological polar surface area (TPSA) is 52.9 Å². The molecule has 0 aromatic heterocycles. The van der Waals surface area contributed by atoms with Crippen LogP contribution in [0.1, 0.15) is 11.1 Å². The second-order valence-electron chi connectivity index (χ2n) is 5.35. The Hall–Kier alpha value is -2.88. The van der Waals surface area contributed by atoms with E-state index in [9.17, 15) is 10.2 Å². The van der Waals surface area contributed by atoms with Gasteiger partial charge < -0.3 is 19.8 Å². The van der Waals surface area contributed by atoms with Crippen LogP contribution in [0.3, 0.4) is 0 Å². The Balaban J connectivity index is 1.91. The van der Waals surface area contributed by atoms with Gasteiger partial charge in [-0.3, -0.25) is 0 Å². The number of anilines is 1. The first kappa shape index (κ1) is 14.1. The number of phenols is 2. The Labute approximate surface area is 129 Å². The van der Waals surface area contributed by atoms with Crippen LogP contribution in [0.25, 0.3) is 12.2 Å². The molecule has 1 aliphatic heterocycles. The minimum atomic E-state index is -0.149. The van der Waals surface area contributed by atoms with Gasteiger partial charge in [0.1, 0.15) is 11.5 Å². The summed E-state index contributed by atoms with van der Waals surface area (Å²) in [5, 5.41) is 18.9. The number of aromatic hydroxyl groups is 2. The molecule has 0 atom stereocenters. The summed E-state index contributed by atoms with van der Waals surface area (Å²) >= 11 is 0. The Bertz CT molecular complexity index is 776. The van der Waals surface area contributed by atoms with Crippen LogP contribution >= 0.6 is 0 Å². The number of ether oxygens (including phenoxy) is 1. The lowest BCUT2D eigenvalue weighted by molar-refractivity contribution is 0.403. The zero-order valence-electron chi connectivity index (χ0n) is 12.4. The molecule has 2 N–H and O–H groups in total. The fourth-order valence-corrected chi connectivity index (χ4v) is 2.23. The lowest BCUT2D eigenvalue weighted by atomic mass is 10.1. The number of rotatable bonds is 2. The number of phenolic OH excluding ortho intramolecular Hbond substituents is 2. The smallest absolute Gasteiger partial charge is 0.157 e. The highest BCUT2D eigenvalue weighted by molar-refractivity contribution is 5.70. The fraction of sp³-hybridized carbons (Fsp3) is 0.111. The van der Waals surface area contributed by atoms with Crippen molar-refractivity contribution < 1.29 is 14.9 Å². The van der Waals surface area contributed by atoms with Gasteiger partial charge in [-0.1, -0.05) is 6.07 Å². The van der Waals surface area contributed by atoms with Crippen LogP contribution in [0.2, 0.25) is 0 Å². The number of benzene rings is 2. The number of nitrogens with zero attached hydrogens (tertiary/aromatic N) is 1. The van der Waals surface area contributed by atoms with Crippen LogP contribution in [0, 0.1) is 0 Å².